The van der Waals surface area contributed by atoms with Gasteiger partial charge >= 0.3 is 5.69 Å². The zero-order valence-electron chi connectivity index (χ0n) is 11.9. The quantitative estimate of drug-likeness (QED) is 0.472. The number of benzene rings is 1. The number of rotatable bonds is 6. The molecule has 0 aromatic heterocycles. The lowest BCUT2D eigenvalue weighted by Gasteiger charge is -2.24. The molecule has 0 bridgehead atoms. The van der Waals surface area contributed by atoms with Gasteiger partial charge in [-0.15, -0.1) is 0 Å². The Morgan fingerprint density at radius 1 is 1.55 bits per heavy atom. The highest BCUT2D eigenvalue weighted by Crippen LogP contribution is 2.29. The number of hydrazine groups is 1. The summed E-state index contributed by atoms with van der Waals surface area (Å²) in [4.78, 5) is 24.5. The number of nitrogen functional groups attached to an aromatic ring is 1. The van der Waals surface area contributed by atoms with Gasteiger partial charge in [-0.25, -0.2) is 0 Å². The number of hydrogen-bond acceptors (Lipinski definition) is 5. The van der Waals surface area contributed by atoms with Crippen LogP contribution in [-0.4, -0.2) is 28.8 Å². The van der Waals surface area contributed by atoms with E-state index < -0.39 is 4.92 Å². The van der Waals surface area contributed by atoms with E-state index in [1.165, 1.54) is 17.0 Å². The number of para-hydroxylation sites is 1. The molecule has 7 heteroatoms. The molecule has 1 rings (SSSR count). The van der Waals surface area contributed by atoms with Crippen molar-refractivity contribution in [2.75, 3.05) is 12.5 Å². The van der Waals surface area contributed by atoms with Crippen LogP contribution in [-0.2, 0) is 0 Å². The van der Waals surface area contributed by atoms with Crippen molar-refractivity contribution in [2.45, 2.75) is 32.7 Å². The predicted octanol–water partition coefficient (Wildman–Crippen LogP) is 2.14. The molecular weight excluding hydrogens is 260 g/mol. The molecule has 7 nitrogen and oxygen atoms in total. The Kier molecular flexibility index (Phi) is 5.45. The number of amides is 1. The molecule has 3 N–H and O–H groups in total. The monoisotopic (exact) mass is 280 g/mol. The van der Waals surface area contributed by atoms with Crippen molar-refractivity contribution in [1.29, 1.82) is 0 Å². The van der Waals surface area contributed by atoms with Crippen LogP contribution in [0.15, 0.2) is 18.2 Å². The van der Waals surface area contributed by atoms with Crippen LogP contribution in [0.5, 0.6) is 0 Å². The normalized spacial score (nSPS) is 11.8. The Morgan fingerprint density at radius 3 is 2.70 bits per heavy atom. The smallest absolute Gasteiger partial charge is 0.306 e. The van der Waals surface area contributed by atoms with E-state index in [0.717, 1.165) is 12.8 Å². The molecule has 110 valence electrons. The fraction of sp³-hybridized carbons (Fsp3) is 0.462. The van der Waals surface area contributed by atoms with E-state index in [1.54, 1.807) is 13.1 Å². The molecule has 0 radical (unpaired) electrons. The molecule has 0 aliphatic heterocycles. The molecule has 0 spiro atoms. The van der Waals surface area contributed by atoms with Gasteiger partial charge in [0.2, 0.25) is 0 Å². The highest BCUT2D eigenvalue weighted by atomic mass is 16.6. The van der Waals surface area contributed by atoms with Crippen LogP contribution in [0, 0.1) is 10.1 Å². The Bertz CT molecular complexity index is 504. The zero-order valence-corrected chi connectivity index (χ0v) is 11.9. The summed E-state index contributed by atoms with van der Waals surface area (Å²) in [6.07, 6.45) is 1.77. The second-order valence-corrected chi connectivity index (χ2v) is 4.66. The number of carbonyl (C=O) groups is 1. The minimum absolute atomic E-state index is 0.0154. The van der Waals surface area contributed by atoms with Gasteiger partial charge in [-0.1, -0.05) is 19.4 Å². The lowest BCUT2D eigenvalue weighted by Crippen LogP contribution is -2.35. The summed E-state index contributed by atoms with van der Waals surface area (Å²) in [5.74, 6) is 4.88. The Morgan fingerprint density at radius 2 is 2.20 bits per heavy atom. The van der Waals surface area contributed by atoms with E-state index in [4.69, 9.17) is 5.84 Å². The molecule has 1 amide bonds. The Labute approximate surface area is 117 Å². The molecule has 0 saturated heterocycles. The number of nitrogens with two attached hydrogens (primary N) is 1. The number of nitro benzene ring substituents is 1. The number of carbonyl (C=O) groups excluding carboxylic acids is 1. The van der Waals surface area contributed by atoms with Crippen molar-refractivity contribution in [1.82, 2.24) is 4.90 Å². The van der Waals surface area contributed by atoms with Crippen LogP contribution in [0.25, 0.3) is 0 Å². The molecule has 1 aromatic rings. The minimum atomic E-state index is -0.596. The second-order valence-electron chi connectivity index (χ2n) is 4.66. The van der Waals surface area contributed by atoms with Gasteiger partial charge in [-0.05, 0) is 25.5 Å². The first-order chi connectivity index (χ1) is 9.43. The second kappa shape index (κ2) is 6.85. The van der Waals surface area contributed by atoms with Crippen LogP contribution in [0.4, 0.5) is 11.4 Å². The Hall–Kier alpha value is -2.15. The molecule has 20 heavy (non-hydrogen) atoms. The highest BCUT2D eigenvalue weighted by molar-refractivity contribution is 6.00. The van der Waals surface area contributed by atoms with Crippen molar-refractivity contribution in [3.63, 3.8) is 0 Å². The van der Waals surface area contributed by atoms with Crippen LogP contribution < -0.4 is 11.3 Å². The molecule has 0 aliphatic rings. The third kappa shape index (κ3) is 3.24. The van der Waals surface area contributed by atoms with Gasteiger partial charge in [0.25, 0.3) is 5.91 Å². The van der Waals surface area contributed by atoms with E-state index in [9.17, 15) is 14.9 Å². The maximum Gasteiger partial charge on any atom is 0.306 e. The van der Waals surface area contributed by atoms with E-state index >= 15 is 0 Å². The molecule has 0 saturated carbocycles. The van der Waals surface area contributed by atoms with Gasteiger partial charge in [0, 0.05) is 13.1 Å². The van der Waals surface area contributed by atoms with Gasteiger partial charge < -0.3 is 10.3 Å². The topological polar surface area (TPSA) is 102 Å². The third-order valence-corrected chi connectivity index (χ3v) is 3.29. The van der Waals surface area contributed by atoms with E-state index in [0.29, 0.717) is 0 Å². The first-order valence-corrected chi connectivity index (χ1v) is 6.45. The average molecular weight is 280 g/mol. The largest absolute Gasteiger partial charge is 0.339 e. The van der Waals surface area contributed by atoms with Crippen LogP contribution >= 0.6 is 0 Å². The summed E-state index contributed by atoms with van der Waals surface area (Å²) < 4.78 is 0. The van der Waals surface area contributed by atoms with Gasteiger partial charge in [-0.3, -0.25) is 20.8 Å². The number of hydrogen-bond donors (Lipinski definition) is 2. The van der Waals surface area contributed by atoms with E-state index in [1.807, 2.05) is 13.8 Å². The first kappa shape index (κ1) is 15.9. The van der Waals surface area contributed by atoms with Gasteiger partial charge in [0.15, 0.2) is 0 Å². The maximum atomic E-state index is 12.4. The Balaban J connectivity index is 3.19. The van der Waals surface area contributed by atoms with Crippen LogP contribution in [0.1, 0.15) is 37.0 Å². The zero-order chi connectivity index (χ0) is 15.3. The molecule has 1 unspecified atom stereocenters. The first-order valence-electron chi connectivity index (χ1n) is 6.45. The van der Waals surface area contributed by atoms with Gasteiger partial charge in [-0.2, -0.15) is 0 Å². The molecule has 0 fully saturated rings. The van der Waals surface area contributed by atoms with Crippen molar-refractivity contribution in [2.24, 2.45) is 5.84 Å². The van der Waals surface area contributed by atoms with Crippen molar-refractivity contribution >= 4 is 17.3 Å². The average Bonchev–Trinajstić information content (AvgIpc) is 2.44. The van der Waals surface area contributed by atoms with Crippen LogP contribution in [0.2, 0.25) is 0 Å². The molecular formula is C13H20N4O3. The van der Waals surface area contributed by atoms with Crippen molar-refractivity contribution in [3.8, 4) is 0 Å². The standard InChI is InChI=1S/C13H20N4O3/c1-4-6-9(2)16(3)13(18)10-7-5-8-11(15-14)12(10)17(19)20/h5,7-9,15H,4,6,14H2,1-3H3. The lowest BCUT2D eigenvalue weighted by atomic mass is 10.1. The summed E-state index contributed by atoms with van der Waals surface area (Å²) in [5, 5.41) is 11.2. The van der Waals surface area contributed by atoms with E-state index in [-0.39, 0.29) is 28.9 Å². The van der Waals surface area contributed by atoms with Crippen molar-refractivity contribution in [3.05, 3.63) is 33.9 Å². The van der Waals surface area contributed by atoms with Crippen molar-refractivity contribution < 1.29 is 9.72 Å². The maximum absolute atomic E-state index is 12.4. The minimum Gasteiger partial charge on any atom is -0.339 e. The van der Waals surface area contributed by atoms with E-state index in [2.05, 4.69) is 5.43 Å². The number of nitro groups is 1. The molecule has 0 heterocycles. The summed E-state index contributed by atoms with van der Waals surface area (Å²) in [7, 11) is 1.65. The molecule has 0 aliphatic carbocycles. The number of nitrogens with one attached hydrogen (secondary N) is 1. The van der Waals surface area contributed by atoms with Crippen LogP contribution in [0.3, 0.4) is 0 Å². The third-order valence-electron chi connectivity index (χ3n) is 3.29. The lowest BCUT2D eigenvalue weighted by molar-refractivity contribution is -0.384. The summed E-state index contributed by atoms with van der Waals surface area (Å²) in [5.41, 5.74) is 2.12. The molecule has 1 atom stereocenters. The predicted molar refractivity (Wildman–Crippen MR) is 77.4 cm³/mol. The van der Waals surface area contributed by atoms with Gasteiger partial charge in [0.05, 0.1) is 4.92 Å². The summed E-state index contributed by atoms with van der Waals surface area (Å²) in [6, 6.07) is 4.48. The summed E-state index contributed by atoms with van der Waals surface area (Å²) in [6.45, 7) is 3.94. The fourth-order valence-electron chi connectivity index (χ4n) is 2.03. The summed E-state index contributed by atoms with van der Waals surface area (Å²) >= 11 is 0. The number of nitrogens with zero attached hydrogens (tertiary/aromatic N) is 2. The fourth-order valence-corrected chi connectivity index (χ4v) is 2.03. The number of anilines is 1. The highest BCUT2D eigenvalue weighted by Gasteiger charge is 2.27. The SMILES string of the molecule is CCCC(C)N(C)C(=O)c1cccc(NN)c1[N+](=O)[O-]. The van der Waals surface area contributed by atoms with Gasteiger partial charge in [0.1, 0.15) is 11.3 Å². The molecule has 1 aromatic carbocycles.